The zero-order chi connectivity index (χ0) is 19.3. The number of nitrogens with zero attached hydrogens (tertiary/aromatic N) is 4. The lowest BCUT2D eigenvalue weighted by atomic mass is 10.2. The van der Waals surface area contributed by atoms with E-state index in [-0.39, 0.29) is 11.6 Å². The molecule has 0 amide bonds. The van der Waals surface area contributed by atoms with Gasteiger partial charge >= 0.3 is 0 Å². The van der Waals surface area contributed by atoms with Crippen LogP contribution in [0.15, 0.2) is 66.0 Å². The quantitative estimate of drug-likeness (QED) is 0.471. The highest BCUT2D eigenvalue weighted by Crippen LogP contribution is 2.25. The molecule has 2 heterocycles. The highest BCUT2D eigenvalue weighted by Gasteiger charge is 2.19. The molecule has 144 valence electrons. The second-order valence-electron chi connectivity index (χ2n) is 6.58. The summed E-state index contributed by atoms with van der Waals surface area (Å²) in [5.41, 5.74) is 2.10. The van der Waals surface area contributed by atoms with Crippen LogP contribution in [0.1, 0.15) is 5.56 Å². The van der Waals surface area contributed by atoms with E-state index in [0.717, 1.165) is 54.0 Å². The number of halogens is 2. The first kappa shape index (κ1) is 18.7. The summed E-state index contributed by atoms with van der Waals surface area (Å²) >= 11 is 1.61. The number of hydrogen-bond acceptors (Lipinski definition) is 5. The minimum absolute atomic E-state index is 0.214. The molecule has 0 radical (unpaired) electrons. The summed E-state index contributed by atoms with van der Waals surface area (Å²) in [6.45, 7) is 3.40. The maximum atomic E-state index is 13.1. The second-order valence-corrected chi connectivity index (χ2v) is 7.58. The molecule has 0 unspecified atom stereocenters. The van der Waals surface area contributed by atoms with Crippen LogP contribution in [0.25, 0.3) is 0 Å². The molecule has 1 fully saturated rings. The zero-order valence-electron chi connectivity index (χ0n) is 15.3. The van der Waals surface area contributed by atoms with Gasteiger partial charge in [-0.2, -0.15) is 0 Å². The van der Waals surface area contributed by atoms with E-state index in [4.69, 9.17) is 0 Å². The van der Waals surface area contributed by atoms with Crippen molar-refractivity contribution in [3.05, 3.63) is 78.1 Å². The van der Waals surface area contributed by atoms with Gasteiger partial charge < -0.3 is 9.80 Å². The molecule has 0 saturated carbocycles. The van der Waals surface area contributed by atoms with Crippen LogP contribution in [-0.2, 0) is 5.75 Å². The maximum absolute atomic E-state index is 13.1. The molecule has 0 N–H and O–H groups in total. The third kappa shape index (κ3) is 4.59. The molecule has 1 saturated heterocycles. The molecule has 0 spiro atoms. The molecule has 0 atom stereocenters. The number of aromatic nitrogens is 2. The molecule has 0 aliphatic carbocycles. The van der Waals surface area contributed by atoms with Crippen LogP contribution in [0.5, 0.6) is 0 Å². The Kier molecular flexibility index (Phi) is 5.71. The number of piperazine rings is 1. The average Bonchev–Trinajstić information content (AvgIpc) is 2.74. The van der Waals surface area contributed by atoms with Crippen molar-refractivity contribution in [1.82, 2.24) is 9.97 Å². The van der Waals surface area contributed by atoms with Crippen molar-refractivity contribution in [2.75, 3.05) is 36.0 Å². The molecular formula is C21H20F2N4S. The lowest BCUT2D eigenvalue weighted by molar-refractivity contribution is 0.624. The van der Waals surface area contributed by atoms with E-state index in [2.05, 4.69) is 19.8 Å². The standard InChI is InChI=1S/C21H20F2N4S/c22-17-3-1-16(2-4-17)14-28-21-13-20(24-15-25-21)27-11-9-26(10-12-27)19-7-5-18(23)6-8-19/h1-8,13,15H,9-12,14H2. The predicted octanol–water partition coefficient (Wildman–Crippen LogP) is 4.37. The Bertz CT molecular complexity index is 910. The predicted molar refractivity (Wildman–Crippen MR) is 109 cm³/mol. The minimum atomic E-state index is -0.224. The summed E-state index contributed by atoms with van der Waals surface area (Å²) in [5.74, 6) is 1.21. The number of thioether (sulfide) groups is 1. The van der Waals surface area contributed by atoms with Crippen molar-refractivity contribution in [2.45, 2.75) is 10.8 Å². The van der Waals surface area contributed by atoms with Gasteiger partial charge in [-0.1, -0.05) is 12.1 Å². The molecule has 1 aromatic heterocycles. The Balaban J connectivity index is 1.35. The SMILES string of the molecule is Fc1ccc(CSc2cc(N3CCN(c4ccc(F)cc4)CC3)ncn2)cc1. The molecular weight excluding hydrogens is 378 g/mol. The average molecular weight is 398 g/mol. The summed E-state index contributed by atoms with van der Waals surface area (Å²) in [6.07, 6.45) is 1.59. The Labute approximate surface area is 167 Å². The number of rotatable bonds is 5. The second kappa shape index (κ2) is 8.56. The fraction of sp³-hybridized carbons (Fsp3) is 0.238. The van der Waals surface area contributed by atoms with Crippen LogP contribution >= 0.6 is 11.8 Å². The third-order valence-corrected chi connectivity index (χ3v) is 5.72. The molecule has 1 aliphatic heterocycles. The van der Waals surface area contributed by atoms with Gasteiger partial charge in [-0.3, -0.25) is 0 Å². The number of hydrogen-bond donors (Lipinski definition) is 0. The first-order valence-corrected chi connectivity index (χ1v) is 10.1. The van der Waals surface area contributed by atoms with Gasteiger partial charge in [0.25, 0.3) is 0 Å². The van der Waals surface area contributed by atoms with Crippen molar-refractivity contribution in [1.29, 1.82) is 0 Å². The molecule has 4 nitrogen and oxygen atoms in total. The Morgan fingerprint density at radius 1 is 0.786 bits per heavy atom. The normalized spacial score (nSPS) is 14.4. The largest absolute Gasteiger partial charge is 0.368 e. The maximum Gasteiger partial charge on any atom is 0.133 e. The lowest BCUT2D eigenvalue weighted by Crippen LogP contribution is -2.46. The fourth-order valence-electron chi connectivity index (χ4n) is 3.17. The van der Waals surface area contributed by atoms with Crippen LogP contribution in [0, 0.1) is 11.6 Å². The highest BCUT2D eigenvalue weighted by molar-refractivity contribution is 7.98. The van der Waals surface area contributed by atoms with Crippen molar-refractivity contribution >= 4 is 23.3 Å². The van der Waals surface area contributed by atoms with E-state index in [0.29, 0.717) is 0 Å². The van der Waals surface area contributed by atoms with Gasteiger partial charge in [0.2, 0.25) is 0 Å². The summed E-state index contributed by atoms with van der Waals surface area (Å²) in [6, 6.07) is 15.2. The van der Waals surface area contributed by atoms with Crippen molar-refractivity contribution in [3.8, 4) is 0 Å². The molecule has 0 bridgehead atoms. The van der Waals surface area contributed by atoms with Crippen LogP contribution in [-0.4, -0.2) is 36.1 Å². The monoisotopic (exact) mass is 398 g/mol. The van der Waals surface area contributed by atoms with E-state index in [1.807, 2.05) is 18.2 Å². The van der Waals surface area contributed by atoms with Crippen molar-refractivity contribution < 1.29 is 8.78 Å². The van der Waals surface area contributed by atoms with E-state index in [9.17, 15) is 8.78 Å². The molecule has 28 heavy (non-hydrogen) atoms. The minimum Gasteiger partial charge on any atom is -0.368 e. The van der Waals surface area contributed by atoms with Crippen LogP contribution in [0.4, 0.5) is 20.3 Å². The van der Waals surface area contributed by atoms with Gasteiger partial charge in [0, 0.05) is 43.7 Å². The lowest BCUT2D eigenvalue weighted by Gasteiger charge is -2.36. The van der Waals surface area contributed by atoms with Crippen LogP contribution in [0.3, 0.4) is 0 Å². The molecule has 4 rings (SSSR count). The Hall–Kier alpha value is -2.67. The molecule has 7 heteroatoms. The Morgan fingerprint density at radius 3 is 2.07 bits per heavy atom. The van der Waals surface area contributed by atoms with E-state index in [1.165, 1.54) is 24.3 Å². The summed E-state index contributed by atoms with van der Waals surface area (Å²) in [7, 11) is 0. The van der Waals surface area contributed by atoms with E-state index < -0.39 is 0 Å². The number of benzene rings is 2. The van der Waals surface area contributed by atoms with Crippen LogP contribution < -0.4 is 9.80 Å². The highest BCUT2D eigenvalue weighted by atomic mass is 32.2. The topological polar surface area (TPSA) is 32.3 Å². The van der Waals surface area contributed by atoms with Crippen molar-refractivity contribution in [3.63, 3.8) is 0 Å². The first-order valence-electron chi connectivity index (χ1n) is 9.12. The number of anilines is 2. The first-order chi connectivity index (χ1) is 13.7. The van der Waals surface area contributed by atoms with Gasteiger partial charge in [-0.25, -0.2) is 18.7 Å². The van der Waals surface area contributed by atoms with Gasteiger partial charge in [-0.15, -0.1) is 11.8 Å². The summed E-state index contributed by atoms with van der Waals surface area (Å²) in [5, 5.41) is 0.898. The third-order valence-electron chi connectivity index (χ3n) is 4.72. The Morgan fingerprint density at radius 2 is 1.39 bits per heavy atom. The van der Waals surface area contributed by atoms with E-state index >= 15 is 0 Å². The van der Waals surface area contributed by atoms with Gasteiger partial charge in [-0.05, 0) is 42.0 Å². The zero-order valence-corrected chi connectivity index (χ0v) is 16.1. The summed E-state index contributed by atoms with van der Waals surface area (Å²) in [4.78, 5) is 13.3. The van der Waals surface area contributed by atoms with Gasteiger partial charge in [0.15, 0.2) is 0 Å². The molecule has 3 aromatic rings. The fourth-order valence-corrected chi connectivity index (χ4v) is 3.98. The van der Waals surface area contributed by atoms with Crippen molar-refractivity contribution in [2.24, 2.45) is 0 Å². The smallest absolute Gasteiger partial charge is 0.133 e. The summed E-state index contributed by atoms with van der Waals surface area (Å²) < 4.78 is 26.1. The molecule has 2 aromatic carbocycles. The van der Waals surface area contributed by atoms with Gasteiger partial charge in [0.1, 0.15) is 28.8 Å². The van der Waals surface area contributed by atoms with E-state index in [1.54, 1.807) is 30.2 Å². The van der Waals surface area contributed by atoms with Gasteiger partial charge in [0.05, 0.1) is 0 Å². The van der Waals surface area contributed by atoms with Crippen LogP contribution in [0.2, 0.25) is 0 Å². The molecule has 1 aliphatic rings.